The van der Waals surface area contributed by atoms with E-state index in [-0.39, 0.29) is 5.91 Å². The summed E-state index contributed by atoms with van der Waals surface area (Å²) in [5.74, 6) is -0.0190. The molecule has 160 valence electrons. The van der Waals surface area contributed by atoms with Crippen molar-refractivity contribution in [2.75, 3.05) is 26.8 Å². The predicted molar refractivity (Wildman–Crippen MR) is 110 cm³/mol. The first kappa shape index (κ1) is 24.5. The number of carbonyl (C=O) groups is 1. The quantitative estimate of drug-likeness (QED) is 0.663. The standard InChI is InChI=1S/C14H20N2O2.C7H6F2.CH4O/c1-11(17)15-8-4-9-16-13-7-10-18-14-6-3-2-5-12(13)14;1-5-2-6(8)4-7(9)3-5;1-2/h2-3,5-6,13,16H,4,7-10H2,1H3,(H,15,17);2-4H,1H3;2H,1H3. The second kappa shape index (κ2) is 13.6. The zero-order valence-corrected chi connectivity index (χ0v) is 17.2. The molecule has 0 radical (unpaired) electrons. The first-order chi connectivity index (χ1) is 14.0. The van der Waals surface area contributed by atoms with Gasteiger partial charge in [-0.15, -0.1) is 0 Å². The van der Waals surface area contributed by atoms with Gasteiger partial charge in [-0.25, -0.2) is 8.78 Å². The van der Waals surface area contributed by atoms with Crippen molar-refractivity contribution in [2.24, 2.45) is 0 Å². The molecule has 2 aromatic carbocycles. The summed E-state index contributed by atoms with van der Waals surface area (Å²) in [6, 6.07) is 11.9. The molecule has 0 spiro atoms. The van der Waals surface area contributed by atoms with E-state index in [9.17, 15) is 13.6 Å². The van der Waals surface area contributed by atoms with Crippen LogP contribution in [0.4, 0.5) is 8.78 Å². The molecule has 29 heavy (non-hydrogen) atoms. The highest BCUT2D eigenvalue weighted by Gasteiger charge is 2.19. The zero-order chi connectivity index (χ0) is 21.6. The molecule has 7 heteroatoms. The highest BCUT2D eigenvalue weighted by Crippen LogP contribution is 2.31. The van der Waals surface area contributed by atoms with E-state index in [2.05, 4.69) is 16.7 Å². The summed E-state index contributed by atoms with van der Waals surface area (Å²) in [6.07, 6.45) is 1.94. The Morgan fingerprint density at radius 2 is 1.79 bits per heavy atom. The molecule has 1 heterocycles. The molecule has 1 amide bonds. The molecule has 0 saturated carbocycles. The van der Waals surface area contributed by atoms with Crippen molar-refractivity contribution in [2.45, 2.75) is 32.7 Å². The fraction of sp³-hybridized carbons (Fsp3) is 0.409. The summed E-state index contributed by atoms with van der Waals surface area (Å²) in [5.41, 5.74) is 1.84. The average Bonchev–Trinajstić information content (AvgIpc) is 2.68. The van der Waals surface area contributed by atoms with Gasteiger partial charge in [0.15, 0.2) is 0 Å². The number of ether oxygens (including phenoxy) is 1. The molecule has 1 atom stereocenters. The van der Waals surface area contributed by atoms with E-state index in [0.717, 1.165) is 51.5 Å². The number of hydrogen-bond donors (Lipinski definition) is 3. The Morgan fingerprint density at radius 1 is 1.14 bits per heavy atom. The summed E-state index contributed by atoms with van der Waals surface area (Å²) in [4.78, 5) is 10.7. The molecular weight excluding hydrogens is 378 g/mol. The van der Waals surface area contributed by atoms with Gasteiger partial charge >= 0.3 is 0 Å². The molecule has 5 nitrogen and oxygen atoms in total. The maximum Gasteiger partial charge on any atom is 0.216 e. The molecule has 1 unspecified atom stereocenters. The zero-order valence-electron chi connectivity index (χ0n) is 17.2. The van der Waals surface area contributed by atoms with Crippen LogP contribution >= 0.6 is 0 Å². The fourth-order valence-electron chi connectivity index (χ4n) is 2.87. The van der Waals surface area contributed by atoms with Crippen molar-refractivity contribution < 1.29 is 23.4 Å². The van der Waals surface area contributed by atoms with Gasteiger partial charge in [-0.2, -0.15) is 0 Å². The number of aryl methyl sites for hydroxylation is 1. The lowest BCUT2D eigenvalue weighted by Gasteiger charge is -2.26. The van der Waals surface area contributed by atoms with Crippen molar-refractivity contribution in [3.8, 4) is 5.75 Å². The van der Waals surface area contributed by atoms with Crippen molar-refractivity contribution in [1.82, 2.24) is 10.6 Å². The van der Waals surface area contributed by atoms with Crippen LogP contribution in [0.25, 0.3) is 0 Å². The number of fused-ring (bicyclic) bond motifs is 1. The van der Waals surface area contributed by atoms with Crippen LogP contribution < -0.4 is 15.4 Å². The maximum atomic E-state index is 12.2. The number of aliphatic hydroxyl groups excluding tert-OH is 1. The molecule has 0 saturated heterocycles. The number of carbonyl (C=O) groups excluding carboxylic acids is 1. The Hall–Kier alpha value is -2.51. The largest absolute Gasteiger partial charge is 0.493 e. The molecular formula is C22H30F2N2O3. The summed E-state index contributed by atoms with van der Waals surface area (Å²) in [5, 5.41) is 13.3. The van der Waals surface area contributed by atoms with Gasteiger partial charge in [0.05, 0.1) is 6.61 Å². The molecule has 3 rings (SSSR count). The third-order valence-electron chi connectivity index (χ3n) is 4.08. The second-order valence-electron chi connectivity index (χ2n) is 6.46. The lowest BCUT2D eigenvalue weighted by molar-refractivity contribution is -0.118. The van der Waals surface area contributed by atoms with E-state index < -0.39 is 11.6 Å². The predicted octanol–water partition coefficient (Wildman–Crippen LogP) is 3.51. The lowest BCUT2D eigenvalue weighted by atomic mass is 10.0. The normalized spacial score (nSPS) is 14.2. The fourth-order valence-corrected chi connectivity index (χ4v) is 2.87. The van der Waals surface area contributed by atoms with Gasteiger partial charge in [-0.05, 0) is 43.7 Å². The van der Waals surface area contributed by atoms with Crippen LogP contribution in [0.15, 0.2) is 42.5 Å². The SMILES string of the molecule is CC(=O)NCCCNC1CCOc2ccccc21.CO.Cc1cc(F)cc(F)c1. The molecule has 0 fully saturated rings. The summed E-state index contributed by atoms with van der Waals surface area (Å²) in [7, 11) is 1.00. The van der Waals surface area contributed by atoms with Gasteiger partial charge in [-0.3, -0.25) is 4.79 Å². The van der Waals surface area contributed by atoms with Gasteiger partial charge < -0.3 is 20.5 Å². The number of halogens is 2. The van der Waals surface area contributed by atoms with E-state index in [1.165, 1.54) is 17.7 Å². The third-order valence-corrected chi connectivity index (χ3v) is 4.08. The Balaban J connectivity index is 0.000000321. The van der Waals surface area contributed by atoms with Crippen LogP contribution in [0, 0.1) is 18.6 Å². The molecule has 1 aliphatic rings. The number of nitrogens with one attached hydrogen (secondary N) is 2. The van der Waals surface area contributed by atoms with E-state index in [1.54, 1.807) is 13.8 Å². The topological polar surface area (TPSA) is 70.6 Å². The minimum atomic E-state index is -0.521. The average molecular weight is 408 g/mol. The number of benzene rings is 2. The Kier molecular flexibility index (Phi) is 11.5. The van der Waals surface area contributed by atoms with E-state index in [1.807, 2.05) is 18.2 Å². The number of para-hydroxylation sites is 1. The lowest BCUT2D eigenvalue weighted by Crippen LogP contribution is -2.30. The van der Waals surface area contributed by atoms with Crippen molar-refractivity contribution in [1.29, 1.82) is 0 Å². The first-order valence-electron chi connectivity index (χ1n) is 9.52. The highest BCUT2D eigenvalue weighted by atomic mass is 19.1. The minimum Gasteiger partial charge on any atom is -0.493 e. The van der Waals surface area contributed by atoms with Crippen LogP contribution in [0.2, 0.25) is 0 Å². The van der Waals surface area contributed by atoms with Crippen LogP contribution in [-0.4, -0.2) is 37.8 Å². The van der Waals surface area contributed by atoms with Gasteiger partial charge in [-0.1, -0.05) is 18.2 Å². The van der Waals surface area contributed by atoms with Gasteiger partial charge in [0.25, 0.3) is 0 Å². The number of amides is 1. The number of hydrogen-bond acceptors (Lipinski definition) is 4. The van der Waals surface area contributed by atoms with E-state index >= 15 is 0 Å². The second-order valence-corrected chi connectivity index (χ2v) is 6.46. The summed E-state index contributed by atoms with van der Waals surface area (Å²) in [6.45, 7) is 5.58. The van der Waals surface area contributed by atoms with E-state index in [0.29, 0.717) is 11.6 Å². The minimum absolute atomic E-state index is 0.0337. The highest BCUT2D eigenvalue weighted by molar-refractivity contribution is 5.72. The summed E-state index contributed by atoms with van der Waals surface area (Å²) < 4.78 is 30.0. The Labute approximate surface area is 171 Å². The monoisotopic (exact) mass is 408 g/mol. The van der Waals surface area contributed by atoms with Gasteiger partial charge in [0.1, 0.15) is 17.4 Å². The third kappa shape index (κ3) is 9.49. The van der Waals surface area contributed by atoms with Crippen LogP contribution in [0.5, 0.6) is 5.75 Å². The van der Waals surface area contributed by atoms with Crippen LogP contribution in [0.1, 0.15) is 36.9 Å². The van der Waals surface area contributed by atoms with Crippen LogP contribution in [-0.2, 0) is 4.79 Å². The first-order valence-corrected chi connectivity index (χ1v) is 9.52. The molecule has 2 aromatic rings. The van der Waals surface area contributed by atoms with Crippen LogP contribution in [0.3, 0.4) is 0 Å². The van der Waals surface area contributed by atoms with Gasteiger partial charge in [0, 0.05) is 44.7 Å². The number of aliphatic hydroxyl groups is 1. The molecule has 0 aliphatic carbocycles. The van der Waals surface area contributed by atoms with Crippen molar-refractivity contribution in [3.63, 3.8) is 0 Å². The van der Waals surface area contributed by atoms with Crippen molar-refractivity contribution >= 4 is 5.91 Å². The Bertz CT molecular complexity index is 706. The van der Waals surface area contributed by atoms with E-state index in [4.69, 9.17) is 9.84 Å². The number of rotatable bonds is 5. The smallest absolute Gasteiger partial charge is 0.216 e. The Morgan fingerprint density at radius 3 is 2.41 bits per heavy atom. The maximum absolute atomic E-state index is 12.2. The van der Waals surface area contributed by atoms with Gasteiger partial charge in [0.2, 0.25) is 5.91 Å². The molecule has 1 aliphatic heterocycles. The van der Waals surface area contributed by atoms with Crippen molar-refractivity contribution in [3.05, 3.63) is 65.2 Å². The molecule has 3 N–H and O–H groups in total. The summed E-state index contributed by atoms with van der Waals surface area (Å²) >= 11 is 0. The molecule has 0 bridgehead atoms. The molecule has 0 aromatic heterocycles.